The van der Waals surface area contributed by atoms with Crippen LogP contribution in [0.25, 0.3) is 44.3 Å². The van der Waals surface area contributed by atoms with Gasteiger partial charge < -0.3 is 4.42 Å². The summed E-state index contributed by atoms with van der Waals surface area (Å²) in [5.74, 6) is -0.502. The predicted molar refractivity (Wildman–Crippen MR) is 141 cm³/mol. The van der Waals surface area contributed by atoms with Crippen molar-refractivity contribution in [3.63, 3.8) is 0 Å². The lowest BCUT2D eigenvalue weighted by Gasteiger charge is -2.22. The van der Waals surface area contributed by atoms with E-state index < -0.39 is 5.89 Å². The summed E-state index contributed by atoms with van der Waals surface area (Å²) in [5, 5.41) is 12.1. The van der Waals surface area contributed by atoms with Gasteiger partial charge in [0.15, 0.2) is 6.20 Å². The number of aromatic nitrogens is 1. The molecule has 0 N–H and O–H groups in total. The van der Waals surface area contributed by atoms with Crippen LogP contribution >= 0.6 is 0 Å². The Labute approximate surface area is 207 Å². The van der Waals surface area contributed by atoms with Crippen molar-refractivity contribution in [3.05, 3.63) is 89.6 Å². The van der Waals surface area contributed by atoms with E-state index in [1.54, 1.807) is 0 Å². The fraction of sp³-hybridized carbons (Fsp3) is 0.250. The number of pyridine rings is 1. The van der Waals surface area contributed by atoms with Crippen LogP contribution in [0.4, 0.5) is 0 Å². The normalized spacial score (nSPS) is 15.7. The summed E-state index contributed by atoms with van der Waals surface area (Å²) < 4.78 is 17.8. The Kier molecular flexibility index (Phi) is 5.09. The highest BCUT2D eigenvalue weighted by Crippen LogP contribution is 2.42. The highest BCUT2D eigenvalue weighted by molar-refractivity contribution is 6.13. The van der Waals surface area contributed by atoms with Gasteiger partial charge in [-0.1, -0.05) is 55.7 Å². The Morgan fingerprint density at radius 3 is 2.31 bits per heavy atom. The lowest BCUT2D eigenvalue weighted by atomic mass is 9.83. The average Bonchev–Trinajstić information content (AvgIpc) is 3.28. The zero-order valence-corrected chi connectivity index (χ0v) is 20.3. The van der Waals surface area contributed by atoms with E-state index in [0.29, 0.717) is 5.56 Å². The molecule has 1 fully saturated rings. The lowest BCUT2D eigenvalue weighted by Crippen LogP contribution is -2.30. The molecule has 0 atom stereocenters. The van der Waals surface area contributed by atoms with Crippen LogP contribution in [-0.4, -0.2) is 0 Å². The monoisotopic (exact) mass is 458 g/mol. The molecule has 0 spiro atoms. The highest BCUT2D eigenvalue weighted by Gasteiger charge is 2.23. The molecule has 35 heavy (non-hydrogen) atoms. The van der Waals surface area contributed by atoms with Gasteiger partial charge in [-0.05, 0) is 60.5 Å². The van der Waals surface area contributed by atoms with E-state index in [9.17, 15) is 5.26 Å². The Morgan fingerprint density at radius 1 is 0.886 bits per heavy atom. The maximum Gasteiger partial charge on any atom is 0.216 e. The smallest absolute Gasteiger partial charge is 0.216 e. The first-order valence-electron chi connectivity index (χ1n) is 12.9. The molecule has 1 aliphatic rings. The zero-order valence-electron chi connectivity index (χ0n) is 21.3. The summed E-state index contributed by atoms with van der Waals surface area (Å²) in [5.41, 5.74) is 8.30. The molecule has 0 radical (unpaired) electrons. The maximum absolute atomic E-state index is 10.0. The van der Waals surface area contributed by atoms with Gasteiger partial charge in [0.25, 0.3) is 0 Å². The van der Waals surface area contributed by atoms with Crippen LogP contribution in [0.15, 0.2) is 77.3 Å². The zero-order chi connectivity index (χ0) is 24.9. The first-order chi connectivity index (χ1) is 17.5. The third-order valence-electron chi connectivity index (χ3n) is 7.49. The van der Waals surface area contributed by atoms with Gasteiger partial charge in [0, 0.05) is 29.8 Å². The quantitative estimate of drug-likeness (QED) is 0.257. The van der Waals surface area contributed by atoms with Crippen molar-refractivity contribution in [3.8, 4) is 28.5 Å². The molecule has 2 aromatic heterocycles. The Bertz CT molecular complexity index is 1650. The van der Waals surface area contributed by atoms with Crippen LogP contribution in [0, 0.1) is 18.3 Å². The van der Waals surface area contributed by atoms with Crippen LogP contribution in [-0.2, 0) is 7.05 Å². The largest absolute Gasteiger partial charge is 0.454 e. The Balaban J connectivity index is 1.57. The summed E-state index contributed by atoms with van der Waals surface area (Å²) in [7, 11) is 2.04. The van der Waals surface area contributed by atoms with Gasteiger partial charge in [-0.25, -0.2) is 4.57 Å². The molecule has 3 aromatic carbocycles. The summed E-state index contributed by atoms with van der Waals surface area (Å²) in [4.78, 5) is 0. The Morgan fingerprint density at radius 2 is 1.60 bits per heavy atom. The fourth-order valence-corrected chi connectivity index (χ4v) is 5.62. The van der Waals surface area contributed by atoms with Gasteiger partial charge in [-0.15, -0.1) is 0 Å². The van der Waals surface area contributed by atoms with Crippen molar-refractivity contribution in [2.45, 2.75) is 44.9 Å². The third kappa shape index (κ3) is 3.61. The predicted octanol–water partition coefficient (Wildman–Crippen LogP) is 7.97. The number of benzene rings is 3. The van der Waals surface area contributed by atoms with E-state index in [1.165, 1.54) is 6.42 Å². The minimum Gasteiger partial charge on any atom is -0.454 e. The van der Waals surface area contributed by atoms with Crippen molar-refractivity contribution in [2.24, 2.45) is 7.05 Å². The van der Waals surface area contributed by atoms with Gasteiger partial charge in [-0.2, -0.15) is 5.26 Å². The van der Waals surface area contributed by atoms with E-state index in [4.69, 9.17) is 5.79 Å². The van der Waals surface area contributed by atoms with E-state index in [-0.39, 0.29) is 0 Å². The summed E-state index contributed by atoms with van der Waals surface area (Å²) in [6.07, 6.45) is 7.32. The second kappa shape index (κ2) is 8.71. The SMILES string of the molecule is [2H]C1(c2ccc(-c3c(C#N)ccc4c3oc3c(-c5cccc[n+]5C)c(C)ccc34)cc2)CCCCC1. The van der Waals surface area contributed by atoms with E-state index >= 15 is 0 Å². The van der Waals surface area contributed by atoms with Gasteiger partial charge in [0.2, 0.25) is 5.69 Å². The molecule has 1 aliphatic carbocycles. The number of nitriles is 1. The molecule has 172 valence electrons. The number of hydrogen-bond donors (Lipinski definition) is 0. The minimum absolute atomic E-state index is 0.502. The van der Waals surface area contributed by atoms with Crippen molar-refractivity contribution >= 4 is 21.9 Å². The molecular weight excluding hydrogens is 428 g/mol. The molecule has 3 nitrogen and oxygen atoms in total. The second-order valence-corrected chi connectivity index (χ2v) is 9.65. The van der Waals surface area contributed by atoms with Gasteiger partial charge >= 0.3 is 0 Å². The van der Waals surface area contributed by atoms with Crippen molar-refractivity contribution < 1.29 is 10.4 Å². The highest BCUT2D eigenvalue weighted by atomic mass is 16.3. The average molecular weight is 459 g/mol. The molecule has 0 aliphatic heterocycles. The van der Waals surface area contributed by atoms with Crippen molar-refractivity contribution in [1.29, 1.82) is 5.26 Å². The molecule has 2 heterocycles. The van der Waals surface area contributed by atoms with Crippen LogP contribution in [0.2, 0.25) is 0 Å². The lowest BCUT2D eigenvalue weighted by molar-refractivity contribution is -0.660. The van der Waals surface area contributed by atoms with Crippen molar-refractivity contribution in [2.75, 3.05) is 0 Å². The van der Waals surface area contributed by atoms with E-state index in [2.05, 4.69) is 60.0 Å². The molecule has 0 amide bonds. The number of hydrogen-bond acceptors (Lipinski definition) is 2. The van der Waals surface area contributed by atoms with Crippen LogP contribution in [0.1, 0.15) is 56.1 Å². The summed E-state index contributed by atoms with van der Waals surface area (Å²) >= 11 is 0. The number of rotatable bonds is 3. The van der Waals surface area contributed by atoms with E-state index in [0.717, 1.165) is 81.1 Å². The van der Waals surface area contributed by atoms with Gasteiger partial charge in [-0.3, -0.25) is 0 Å². The number of furan rings is 1. The van der Waals surface area contributed by atoms with Crippen LogP contribution < -0.4 is 4.57 Å². The maximum atomic E-state index is 10.0. The molecule has 1 saturated carbocycles. The van der Waals surface area contributed by atoms with Crippen LogP contribution in [0.5, 0.6) is 0 Å². The van der Waals surface area contributed by atoms with Gasteiger partial charge in [0.05, 0.1) is 17.2 Å². The van der Waals surface area contributed by atoms with E-state index in [1.807, 2.05) is 37.5 Å². The second-order valence-electron chi connectivity index (χ2n) is 9.65. The summed E-state index contributed by atoms with van der Waals surface area (Å²) in [6, 6.07) is 25.0. The number of nitrogens with zero attached hydrogens (tertiary/aromatic N) is 2. The Hall–Kier alpha value is -3.90. The first-order valence-corrected chi connectivity index (χ1v) is 12.4. The summed E-state index contributed by atoms with van der Waals surface area (Å²) in [6.45, 7) is 2.11. The molecule has 3 heteroatoms. The topological polar surface area (TPSA) is 40.8 Å². The number of fused-ring (bicyclic) bond motifs is 3. The third-order valence-corrected chi connectivity index (χ3v) is 7.49. The standard InChI is InChI=1S/C32H29N2O/c1-21-11-17-26-27-18-16-25(20-33)30(24-14-12-23(13-15-24)22-8-4-3-5-9-22)32(27)35-31(26)29(21)28-10-6-7-19-34(28)2/h6-7,10-19,22H,3-5,8-9H2,1-2H3/q+1/i22D. The van der Waals surface area contributed by atoms with Crippen molar-refractivity contribution in [1.82, 2.24) is 0 Å². The minimum atomic E-state index is -0.502. The first kappa shape index (κ1) is 20.5. The molecule has 0 unspecified atom stereocenters. The molecule has 0 saturated heterocycles. The van der Waals surface area contributed by atoms with Gasteiger partial charge in [0.1, 0.15) is 18.2 Å². The molecule has 0 bridgehead atoms. The molecular formula is C32H29N2O+. The fourth-order valence-electron chi connectivity index (χ4n) is 5.62. The molecule has 5 aromatic rings. The number of aryl methyl sites for hydroxylation is 2. The molecule has 6 rings (SSSR count). The van der Waals surface area contributed by atoms with Crippen LogP contribution in [0.3, 0.4) is 0 Å².